The van der Waals surface area contributed by atoms with Gasteiger partial charge in [0, 0.05) is 28.6 Å². The van der Waals surface area contributed by atoms with Crippen LogP contribution in [0, 0.1) is 6.92 Å². The predicted molar refractivity (Wildman–Crippen MR) is 181 cm³/mol. The van der Waals surface area contributed by atoms with E-state index in [1.165, 1.54) is 16.4 Å². The van der Waals surface area contributed by atoms with Gasteiger partial charge in [-0.3, -0.25) is 0 Å². The highest BCUT2D eigenvalue weighted by atomic mass is 35.5. The van der Waals surface area contributed by atoms with Gasteiger partial charge < -0.3 is 4.74 Å². The lowest BCUT2D eigenvalue weighted by Gasteiger charge is -2.49. The molecule has 0 N–H and O–H groups in total. The highest BCUT2D eigenvalue weighted by Crippen LogP contribution is 2.49. The first-order valence-electron chi connectivity index (χ1n) is 15.0. The Kier molecular flexibility index (Phi) is 9.36. The lowest BCUT2D eigenvalue weighted by molar-refractivity contribution is 0.118. The Hall–Kier alpha value is -3.18. The molecule has 0 aliphatic carbocycles. The van der Waals surface area contributed by atoms with Crippen LogP contribution >= 0.6 is 23.2 Å². The molecule has 2 aliphatic rings. The summed E-state index contributed by atoms with van der Waals surface area (Å²) in [4.78, 5) is 0.261. The number of hydrogen-bond acceptors (Lipinski definition) is 5. The molecule has 4 aromatic rings. The third-order valence-corrected chi connectivity index (χ3v) is 12.9. The number of fused-ring (bicyclic) bond motifs is 1. The molecule has 240 valence electrons. The van der Waals surface area contributed by atoms with Gasteiger partial charge in [0.15, 0.2) is 0 Å². The van der Waals surface area contributed by atoms with Gasteiger partial charge in [-0.2, -0.15) is 8.61 Å². The van der Waals surface area contributed by atoms with Gasteiger partial charge in [0.05, 0.1) is 40.3 Å². The fourth-order valence-corrected chi connectivity index (χ4v) is 10.2. The van der Waals surface area contributed by atoms with Crippen molar-refractivity contribution >= 4 is 43.2 Å². The maximum Gasteiger partial charge on any atom is 0.244 e. The molecule has 1 saturated heterocycles. The molecule has 3 atom stereocenters. The standard InChI is InChI=1S/C35H34Cl2N2O5S2/c1-3-44-35-22-33(25-8-5-4-6-9-25)39(46(42,43)30-18-14-27(36)15-19-30)34-21-32(26-10-7-11-28(37)20-26)38(23-31(34)35)45(40,41)29-16-12-24(2)13-17-29/h4-20,32-34H,3,21-23H2,1-2H3/t32?,33?,34-/m0/s1. The van der Waals surface area contributed by atoms with E-state index in [4.69, 9.17) is 27.9 Å². The van der Waals surface area contributed by atoms with E-state index < -0.39 is 38.2 Å². The molecule has 7 nitrogen and oxygen atoms in total. The van der Waals surface area contributed by atoms with Crippen molar-refractivity contribution in [1.29, 1.82) is 0 Å². The first-order valence-corrected chi connectivity index (χ1v) is 18.7. The van der Waals surface area contributed by atoms with E-state index in [1.54, 1.807) is 58.9 Å². The van der Waals surface area contributed by atoms with Crippen LogP contribution in [0.5, 0.6) is 0 Å². The molecule has 2 heterocycles. The second-order valence-corrected chi connectivity index (χ2v) is 16.1. The van der Waals surface area contributed by atoms with Crippen LogP contribution < -0.4 is 0 Å². The SMILES string of the molecule is CCOC1=C2CN(S(=O)(=O)c3ccc(C)cc3)C(c3cccc(Cl)c3)C[C@@H]2N(S(=O)(=O)c2ccc(Cl)cc2)C(c2ccccc2)C1. The Morgan fingerprint density at radius 1 is 0.717 bits per heavy atom. The first kappa shape index (κ1) is 32.7. The molecule has 4 aromatic carbocycles. The van der Waals surface area contributed by atoms with Gasteiger partial charge in [-0.05, 0) is 79.9 Å². The summed E-state index contributed by atoms with van der Waals surface area (Å²) in [6.07, 6.45) is 0.393. The number of rotatable bonds is 8. The van der Waals surface area contributed by atoms with Crippen molar-refractivity contribution in [3.63, 3.8) is 0 Å². The normalized spacial score (nSPS) is 21.2. The lowest BCUT2D eigenvalue weighted by atomic mass is 9.84. The molecule has 1 fully saturated rings. The second kappa shape index (κ2) is 13.1. The number of ether oxygens (including phenoxy) is 1. The van der Waals surface area contributed by atoms with E-state index in [-0.39, 0.29) is 29.2 Å². The summed E-state index contributed by atoms with van der Waals surface area (Å²) in [5, 5.41) is 0.880. The number of sulfonamides is 2. The van der Waals surface area contributed by atoms with Crippen molar-refractivity contribution in [3.8, 4) is 0 Å². The smallest absolute Gasteiger partial charge is 0.244 e. The third-order valence-electron chi connectivity index (χ3n) is 8.63. The van der Waals surface area contributed by atoms with Crippen molar-refractivity contribution < 1.29 is 21.6 Å². The zero-order chi connectivity index (χ0) is 32.6. The van der Waals surface area contributed by atoms with Crippen molar-refractivity contribution in [2.45, 2.75) is 54.6 Å². The minimum absolute atomic E-state index is 0.0540. The summed E-state index contributed by atoms with van der Waals surface area (Å²) >= 11 is 12.6. The van der Waals surface area contributed by atoms with Crippen LogP contribution in [-0.2, 0) is 24.8 Å². The fourth-order valence-electron chi connectivity index (χ4n) is 6.44. The average molecular weight is 698 g/mol. The number of hydrogen-bond donors (Lipinski definition) is 0. The minimum atomic E-state index is -4.12. The molecule has 11 heteroatoms. The number of aryl methyl sites for hydroxylation is 1. The van der Waals surface area contributed by atoms with Gasteiger partial charge in [0.2, 0.25) is 20.0 Å². The second-order valence-electron chi connectivity index (χ2n) is 11.5. The highest BCUT2D eigenvalue weighted by Gasteiger charge is 2.51. The number of piperidine rings is 1. The molecule has 0 bridgehead atoms. The quantitative estimate of drug-likeness (QED) is 0.187. The van der Waals surface area contributed by atoms with Crippen LogP contribution in [0.3, 0.4) is 0 Å². The number of nitrogens with zero attached hydrogens (tertiary/aromatic N) is 2. The molecule has 6 rings (SSSR count). The van der Waals surface area contributed by atoms with Crippen LogP contribution in [0.25, 0.3) is 0 Å². The van der Waals surface area contributed by atoms with Gasteiger partial charge in [-0.1, -0.05) is 83.4 Å². The van der Waals surface area contributed by atoms with Gasteiger partial charge in [0.1, 0.15) is 0 Å². The Morgan fingerprint density at radius 3 is 2.00 bits per heavy atom. The average Bonchev–Trinajstić information content (AvgIpc) is 3.05. The molecule has 2 unspecified atom stereocenters. The summed E-state index contributed by atoms with van der Waals surface area (Å²) in [5.74, 6) is 0.609. The van der Waals surface area contributed by atoms with Crippen molar-refractivity contribution in [3.05, 3.63) is 141 Å². The summed E-state index contributed by atoms with van der Waals surface area (Å²) in [5.41, 5.74) is 3.05. The predicted octanol–water partition coefficient (Wildman–Crippen LogP) is 7.93. The maximum atomic E-state index is 14.7. The number of benzene rings is 4. The van der Waals surface area contributed by atoms with Crippen LogP contribution in [0.15, 0.2) is 124 Å². The van der Waals surface area contributed by atoms with Crippen LogP contribution in [0.2, 0.25) is 10.0 Å². The van der Waals surface area contributed by atoms with Crippen molar-refractivity contribution in [1.82, 2.24) is 8.61 Å². The molecule has 0 amide bonds. The molecule has 2 aliphatic heterocycles. The van der Waals surface area contributed by atoms with Gasteiger partial charge in [-0.15, -0.1) is 0 Å². The zero-order valence-corrected chi connectivity index (χ0v) is 28.5. The summed E-state index contributed by atoms with van der Waals surface area (Å²) < 4.78 is 67.5. The molecular weight excluding hydrogens is 663 g/mol. The molecule has 0 aromatic heterocycles. The summed E-state index contributed by atoms with van der Waals surface area (Å²) in [7, 11) is -8.15. The summed E-state index contributed by atoms with van der Waals surface area (Å²) in [6, 6.07) is 27.4. The molecule has 0 saturated carbocycles. The minimum Gasteiger partial charge on any atom is -0.498 e. The van der Waals surface area contributed by atoms with E-state index in [2.05, 4.69) is 0 Å². The fraction of sp³-hybridized carbons (Fsp3) is 0.257. The van der Waals surface area contributed by atoms with Crippen LogP contribution in [-0.4, -0.2) is 44.6 Å². The van der Waals surface area contributed by atoms with E-state index in [9.17, 15) is 16.8 Å². The van der Waals surface area contributed by atoms with Crippen LogP contribution in [0.4, 0.5) is 0 Å². The van der Waals surface area contributed by atoms with Gasteiger partial charge in [0.25, 0.3) is 0 Å². The van der Waals surface area contributed by atoms with Gasteiger partial charge in [-0.25, -0.2) is 16.8 Å². The lowest BCUT2D eigenvalue weighted by Crippen LogP contribution is -2.54. The molecule has 0 spiro atoms. The van der Waals surface area contributed by atoms with E-state index in [0.29, 0.717) is 33.5 Å². The monoisotopic (exact) mass is 696 g/mol. The Bertz CT molecular complexity index is 1970. The van der Waals surface area contributed by atoms with Gasteiger partial charge >= 0.3 is 0 Å². The third kappa shape index (κ3) is 6.24. The van der Waals surface area contributed by atoms with E-state index in [1.807, 2.05) is 50.2 Å². The topological polar surface area (TPSA) is 84.0 Å². The summed E-state index contributed by atoms with van der Waals surface area (Å²) in [6.45, 7) is 4.06. The molecular formula is C35H34Cl2N2O5S2. The van der Waals surface area contributed by atoms with Crippen molar-refractivity contribution in [2.24, 2.45) is 0 Å². The van der Waals surface area contributed by atoms with Crippen LogP contribution in [0.1, 0.15) is 48.5 Å². The zero-order valence-electron chi connectivity index (χ0n) is 25.4. The Morgan fingerprint density at radius 2 is 1.35 bits per heavy atom. The highest BCUT2D eigenvalue weighted by molar-refractivity contribution is 7.89. The van der Waals surface area contributed by atoms with E-state index >= 15 is 0 Å². The first-order chi connectivity index (χ1) is 22.0. The number of halogens is 2. The van der Waals surface area contributed by atoms with Crippen molar-refractivity contribution in [2.75, 3.05) is 13.2 Å². The molecule has 0 radical (unpaired) electrons. The molecule has 46 heavy (non-hydrogen) atoms. The largest absolute Gasteiger partial charge is 0.498 e. The Labute approximate surface area is 281 Å². The Balaban J connectivity index is 1.57. The van der Waals surface area contributed by atoms with E-state index in [0.717, 1.165) is 11.1 Å². The maximum absolute atomic E-state index is 14.7.